The van der Waals surface area contributed by atoms with Crippen LogP contribution in [0.25, 0.3) is 0 Å². The Morgan fingerprint density at radius 3 is 2.48 bits per heavy atom. The fourth-order valence-corrected chi connectivity index (χ4v) is 3.94. The second-order valence-corrected chi connectivity index (χ2v) is 7.22. The molecule has 0 aromatic heterocycles. The zero-order valence-corrected chi connectivity index (χ0v) is 15.4. The second kappa shape index (κ2) is 8.50. The van der Waals surface area contributed by atoms with Gasteiger partial charge in [0, 0.05) is 6.54 Å². The molecule has 3 nitrogen and oxygen atoms in total. The number of hydrogen-bond donors (Lipinski definition) is 1. The Kier molecular flexibility index (Phi) is 6.11. The maximum absolute atomic E-state index is 6.15. The molecule has 25 heavy (non-hydrogen) atoms. The third-order valence-electron chi connectivity index (χ3n) is 5.50. The minimum Gasteiger partial charge on any atom is -0.497 e. The standard InChI is InChI=1S/C22H30N2O/c1-17-6-8-18(9-7-17)16-24-12-10-19(11-13-24)22(15-23)20-4-3-5-21(14-20)25-2/h3-9,14,19,22H,10-13,15-16,23H2,1-2H3. The van der Waals surface area contributed by atoms with Crippen LogP contribution >= 0.6 is 0 Å². The second-order valence-electron chi connectivity index (χ2n) is 7.22. The number of ether oxygens (including phenoxy) is 1. The van der Waals surface area contributed by atoms with E-state index >= 15 is 0 Å². The highest BCUT2D eigenvalue weighted by Crippen LogP contribution is 2.33. The van der Waals surface area contributed by atoms with Crippen molar-refractivity contribution in [2.24, 2.45) is 11.7 Å². The highest BCUT2D eigenvalue weighted by molar-refractivity contribution is 5.31. The van der Waals surface area contributed by atoms with Crippen LogP contribution in [0.2, 0.25) is 0 Å². The van der Waals surface area contributed by atoms with Crippen LogP contribution in [-0.2, 0) is 6.54 Å². The number of aryl methyl sites for hydroxylation is 1. The molecular formula is C22H30N2O. The summed E-state index contributed by atoms with van der Waals surface area (Å²) < 4.78 is 5.38. The molecule has 0 amide bonds. The van der Waals surface area contributed by atoms with Crippen molar-refractivity contribution in [3.05, 3.63) is 65.2 Å². The van der Waals surface area contributed by atoms with Gasteiger partial charge in [0.1, 0.15) is 5.75 Å². The lowest BCUT2D eigenvalue weighted by molar-refractivity contribution is 0.162. The van der Waals surface area contributed by atoms with E-state index in [1.807, 2.05) is 6.07 Å². The van der Waals surface area contributed by atoms with Gasteiger partial charge in [0.15, 0.2) is 0 Å². The third kappa shape index (κ3) is 4.62. The summed E-state index contributed by atoms with van der Waals surface area (Å²) in [5.41, 5.74) is 10.2. The van der Waals surface area contributed by atoms with Crippen LogP contribution in [0.3, 0.4) is 0 Å². The first kappa shape index (κ1) is 18.0. The minimum absolute atomic E-state index is 0.427. The number of likely N-dealkylation sites (tertiary alicyclic amines) is 1. The molecule has 1 aliphatic rings. The molecule has 1 heterocycles. The van der Waals surface area contributed by atoms with Crippen LogP contribution < -0.4 is 10.5 Å². The van der Waals surface area contributed by atoms with Crippen LogP contribution in [0.1, 0.15) is 35.4 Å². The van der Waals surface area contributed by atoms with Crippen LogP contribution in [0.4, 0.5) is 0 Å². The van der Waals surface area contributed by atoms with Crippen LogP contribution in [0.15, 0.2) is 48.5 Å². The molecule has 1 atom stereocenters. The van der Waals surface area contributed by atoms with Crippen molar-refractivity contribution in [1.82, 2.24) is 4.90 Å². The van der Waals surface area contributed by atoms with Crippen LogP contribution in [-0.4, -0.2) is 31.6 Å². The number of nitrogens with zero attached hydrogens (tertiary/aromatic N) is 1. The van der Waals surface area contributed by atoms with Crippen LogP contribution in [0, 0.1) is 12.8 Å². The van der Waals surface area contributed by atoms with E-state index in [9.17, 15) is 0 Å². The lowest BCUT2D eigenvalue weighted by Gasteiger charge is -2.36. The topological polar surface area (TPSA) is 38.5 Å². The first-order valence-electron chi connectivity index (χ1n) is 9.31. The quantitative estimate of drug-likeness (QED) is 0.866. The lowest BCUT2D eigenvalue weighted by Crippen LogP contribution is -2.36. The van der Waals surface area contributed by atoms with Crippen molar-refractivity contribution in [2.45, 2.75) is 32.2 Å². The molecule has 3 heteroatoms. The third-order valence-corrected chi connectivity index (χ3v) is 5.50. The summed E-state index contributed by atoms with van der Waals surface area (Å²) in [6, 6.07) is 17.3. The Balaban J connectivity index is 1.59. The predicted molar refractivity (Wildman–Crippen MR) is 104 cm³/mol. The molecule has 0 saturated carbocycles. The van der Waals surface area contributed by atoms with Gasteiger partial charge in [-0.1, -0.05) is 42.0 Å². The summed E-state index contributed by atoms with van der Waals surface area (Å²) in [5, 5.41) is 0. The molecule has 0 spiro atoms. The molecule has 2 aromatic carbocycles. The number of hydrogen-bond acceptors (Lipinski definition) is 3. The zero-order valence-electron chi connectivity index (χ0n) is 15.4. The fraction of sp³-hybridized carbons (Fsp3) is 0.455. The Labute approximate surface area is 151 Å². The summed E-state index contributed by atoms with van der Waals surface area (Å²) >= 11 is 0. The van der Waals surface area contributed by atoms with Gasteiger partial charge in [-0.15, -0.1) is 0 Å². The maximum atomic E-state index is 6.15. The van der Waals surface area contributed by atoms with Gasteiger partial charge in [-0.3, -0.25) is 4.90 Å². The number of nitrogens with two attached hydrogens (primary N) is 1. The van der Waals surface area contributed by atoms with E-state index in [1.54, 1.807) is 7.11 Å². The van der Waals surface area contributed by atoms with Crippen molar-refractivity contribution in [2.75, 3.05) is 26.7 Å². The molecule has 0 aliphatic carbocycles. The summed E-state index contributed by atoms with van der Waals surface area (Å²) in [4.78, 5) is 2.57. The lowest BCUT2D eigenvalue weighted by atomic mass is 9.80. The molecule has 1 saturated heterocycles. The van der Waals surface area contributed by atoms with Crippen molar-refractivity contribution in [3.8, 4) is 5.75 Å². The van der Waals surface area contributed by atoms with E-state index in [-0.39, 0.29) is 0 Å². The molecule has 134 valence electrons. The first-order chi connectivity index (χ1) is 12.2. The molecule has 3 rings (SSSR count). The summed E-state index contributed by atoms with van der Waals surface area (Å²) in [5.74, 6) is 2.01. The normalized spacial score (nSPS) is 17.4. The van der Waals surface area contributed by atoms with Gasteiger partial charge in [-0.05, 0) is 74.5 Å². The van der Waals surface area contributed by atoms with E-state index in [1.165, 1.54) is 29.5 Å². The maximum Gasteiger partial charge on any atom is 0.119 e. The number of methoxy groups -OCH3 is 1. The number of rotatable bonds is 6. The van der Waals surface area contributed by atoms with Gasteiger partial charge in [0.2, 0.25) is 0 Å². The molecule has 2 aromatic rings. The van der Waals surface area contributed by atoms with Crippen molar-refractivity contribution < 1.29 is 4.74 Å². The molecule has 1 fully saturated rings. The van der Waals surface area contributed by atoms with E-state index in [0.717, 1.165) is 25.4 Å². The van der Waals surface area contributed by atoms with Gasteiger partial charge in [-0.2, -0.15) is 0 Å². The Morgan fingerprint density at radius 2 is 1.84 bits per heavy atom. The monoisotopic (exact) mass is 338 g/mol. The average molecular weight is 338 g/mol. The van der Waals surface area contributed by atoms with Gasteiger partial charge in [-0.25, -0.2) is 0 Å². The van der Waals surface area contributed by atoms with Crippen LogP contribution in [0.5, 0.6) is 5.75 Å². The number of piperidine rings is 1. The van der Waals surface area contributed by atoms with Gasteiger partial charge < -0.3 is 10.5 Å². The Morgan fingerprint density at radius 1 is 1.12 bits per heavy atom. The summed E-state index contributed by atoms with van der Waals surface area (Å²) in [6.45, 7) is 6.20. The minimum atomic E-state index is 0.427. The van der Waals surface area contributed by atoms with E-state index < -0.39 is 0 Å². The Bertz CT molecular complexity index is 660. The van der Waals surface area contributed by atoms with E-state index in [2.05, 4.69) is 54.3 Å². The van der Waals surface area contributed by atoms with Crippen molar-refractivity contribution in [1.29, 1.82) is 0 Å². The van der Waals surface area contributed by atoms with E-state index in [0.29, 0.717) is 18.4 Å². The van der Waals surface area contributed by atoms with E-state index in [4.69, 9.17) is 10.5 Å². The van der Waals surface area contributed by atoms with Gasteiger partial charge >= 0.3 is 0 Å². The zero-order chi connectivity index (χ0) is 17.6. The fourth-order valence-electron chi connectivity index (χ4n) is 3.94. The van der Waals surface area contributed by atoms with Crippen molar-refractivity contribution in [3.63, 3.8) is 0 Å². The molecule has 1 aliphatic heterocycles. The molecule has 0 bridgehead atoms. The SMILES string of the molecule is COc1cccc(C(CN)C2CCN(Cc3ccc(C)cc3)CC2)c1. The first-order valence-corrected chi connectivity index (χ1v) is 9.31. The molecular weight excluding hydrogens is 308 g/mol. The molecule has 0 radical (unpaired) electrons. The predicted octanol–water partition coefficient (Wildman–Crippen LogP) is 3.96. The van der Waals surface area contributed by atoms with Crippen molar-refractivity contribution >= 4 is 0 Å². The number of benzene rings is 2. The smallest absolute Gasteiger partial charge is 0.119 e. The Hall–Kier alpha value is -1.84. The highest BCUT2D eigenvalue weighted by atomic mass is 16.5. The average Bonchev–Trinajstić information content (AvgIpc) is 2.66. The molecule has 2 N–H and O–H groups in total. The highest BCUT2D eigenvalue weighted by Gasteiger charge is 2.27. The molecule has 1 unspecified atom stereocenters. The largest absolute Gasteiger partial charge is 0.497 e. The van der Waals surface area contributed by atoms with Gasteiger partial charge in [0.25, 0.3) is 0 Å². The summed E-state index contributed by atoms with van der Waals surface area (Å²) in [7, 11) is 1.72. The van der Waals surface area contributed by atoms with Gasteiger partial charge in [0.05, 0.1) is 7.11 Å². The summed E-state index contributed by atoms with van der Waals surface area (Å²) in [6.07, 6.45) is 2.43.